The van der Waals surface area contributed by atoms with Gasteiger partial charge in [-0.05, 0) is 24.1 Å². The van der Waals surface area contributed by atoms with Crippen molar-refractivity contribution < 1.29 is 14.6 Å². The van der Waals surface area contributed by atoms with Crippen LogP contribution >= 0.6 is 11.6 Å². The number of aliphatic hydroxyl groups excluding tert-OH is 1. The Hall–Kier alpha value is -1.57. The first-order chi connectivity index (χ1) is 8.12. The lowest BCUT2D eigenvalue weighted by Crippen LogP contribution is -2.08. The highest BCUT2D eigenvalue weighted by molar-refractivity contribution is 6.32. The number of hydrogen-bond acceptors (Lipinski definition) is 4. The summed E-state index contributed by atoms with van der Waals surface area (Å²) in [7, 11) is 0. The van der Waals surface area contributed by atoms with Gasteiger partial charge in [-0.3, -0.25) is 4.79 Å². The Morgan fingerprint density at radius 2 is 2.29 bits per heavy atom. The topological polar surface area (TPSA) is 70.3 Å². The fraction of sp³-hybridized carbons (Fsp3) is 0.333. The molecule has 5 heteroatoms. The van der Waals surface area contributed by atoms with Crippen LogP contribution in [0.2, 0.25) is 5.02 Å². The van der Waals surface area contributed by atoms with Crippen LogP contribution in [0, 0.1) is 11.3 Å². The van der Waals surface area contributed by atoms with Crippen LogP contribution in [-0.2, 0) is 22.6 Å². The molecule has 0 aliphatic rings. The van der Waals surface area contributed by atoms with E-state index in [1.54, 1.807) is 13.0 Å². The van der Waals surface area contributed by atoms with E-state index >= 15 is 0 Å². The molecular formula is C12H12ClNO3. The molecule has 1 aromatic carbocycles. The highest BCUT2D eigenvalue weighted by Gasteiger charge is 2.11. The van der Waals surface area contributed by atoms with Crippen LogP contribution in [-0.4, -0.2) is 17.7 Å². The van der Waals surface area contributed by atoms with Crippen molar-refractivity contribution in [3.8, 4) is 6.07 Å². The van der Waals surface area contributed by atoms with Gasteiger partial charge in [0, 0.05) is 0 Å². The van der Waals surface area contributed by atoms with Crippen LogP contribution in [0.1, 0.15) is 23.6 Å². The van der Waals surface area contributed by atoms with Crippen LogP contribution in [0.3, 0.4) is 0 Å². The Morgan fingerprint density at radius 1 is 1.59 bits per heavy atom. The molecule has 0 fully saturated rings. The van der Waals surface area contributed by atoms with Gasteiger partial charge in [-0.15, -0.1) is 0 Å². The summed E-state index contributed by atoms with van der Waals surface area (Å²) in [4.78, 5) is 11.3. The molecule has 4 nitrogen and oxygen atoms in total. The van der Waals surface area contributed by atoms with Gasteiger partial charge in [0.15, 0.2) is 0 Å². The van der Waals surface area contributed by atoms with E-state index in [0.29, 0.717) is 17.7 Å². The van der Waals surface area contributed by atoms with E-state index in [2.05, 4.69) is 0 Å². The van der Waals surface area contributed by atoms with Gasteiger partial charge in [0.1, 0.15) is 6.07 Å². The molecule has 0 aliphatic heterocycles. The zero-order valence-electron chi connectivity index (χ0n) is 9.36. The maximum absolute atomic E-state index is 11.3. The number of rotatable bonds is 4. The van der Waals surface area contributed by atoms with E-state index in [-0.39, 0.29) is 29.6 Å². The van der Waals surface area contributed by atoms with E-state index in [0.717, 1.165) is 0 Å². The number of esters is 1. The molecule has 0 aromatic heterocycles. The molecule has 0 heterocycles. The quantitative estimate of drug-likeness (QED) is 0.831. The summed E-state index contributed by atoms with van der Waals surface area (Å²) in [6.45, 7) is 1.76. The zero-order chi connectivity index (χ0) is 12.8. The Balaban J connectivity index is 3.02. The maximum Gasteiger partial charge on any atom is 0.310 e. The maximum atomic E-state index is 11.3. The Morgan fingerprint density at radius 3 is 2.82 bits per heavy atom. The number of aliphatic hydroxyl groups is 1. The third-order valence-corrected chi connectivity index (χ3v) is 2.60. The average Bonchev–Trinajstić information content (AvgIpc) is 2.31. The van der Waals surface area contributed by atoms with E-state index in [9.17, 15) is 4.79 Å². The molecule has 1 aromatic rings. The Bertz CT molecular complexity index is 466. The minimum Gasteiger partial charge on any atom is -0.466 e. The molecule has 17 heavy (non-hydrogen) atoms. The van der Waals surface area contributed by atoms with Gasteiger partial charge >= 0.3 is 5.97 Å². The molecular weight excluding hydrogens is 242 g/mol. The van der Waals surface area contributed by atoms with Crippen molar-refractivity contribution in [2.45, 2.75) is 20.0 Å². The van der Waals surface area contributed by atoms with E-state index in [1.165, 1.54) is 6.07 Å². The number of carbonyl (C=O) groups is 1. The van der Waals surface area contributed by atoms with E-state index < -0.39 is 0 Å². The van der Waals surface area contributed by atoms with Gasteiger partial charge in [-0.25, -0.2) is 0 Å². The van der Waals surface area contributed by atoms with Gasteiger partial charge in [-0.2, -0.15) is 5.26 Å². The lowest BCUT2D eigenvalue weighted by molar-refractivity contribution is -0.142. The van der Waals surface area contributed by atoms with E-state index in [1.807, 2.05) is 6.07 Å². The molecule has 0 saturated carbocycles. The highest BCUT2D eigenvalue weighted by atomic mass is 35.5. The summed E-state index contributed by atoms with van der Waals surface area (Å²) in [5.41, 5.74) is 1.29. The fourth-order valence-corrected chi connectivity index (χ4v) is 1.64. The molecule has 0 aliphatic carbocycles. The summed E-state index contributed by atoms with van der Waals surface area (Å²) < 4.78 is 4.81. The predicted octanol–water partition coefficient (Wildman–Crippen LogP) is 1.81. The third kappa shape index (κ3) is 3.45. The van der Waals surface area contributed by atoms with Crippen LogP contribution in [0.5, 0.6) is 0 Å². The van der Waals surface area contributed by atoms with Gasteiger partial charge in [0.05, 0.1) is 30.2 Å². The first-order valence-electron chi connectivity index (χ1n) is 5.10. The van der Waals surface area contributed by atoms with Crippen molar-refractivity contribution >= 4 is 17.6 Å². The summed E-state index contributed by atoms with van der Waals surface area (Å²) >= 11 is 5.88. The molecule has 1 rings (SSSR count). The molecule has 0 saturated heterocycles. The van der Waals surface area contributed by atoms with Crippen molar-refractivity contribution in [2.24, 2.45) is 0 Å². The summed E-state index contributed by atoms with van der Waals surface area (Å²) in [6, 6.07) is 5.04. The lowest BCUT2D eigenvalue weighted by Gasteiger charge is -2.07. The fourth-order valence-electron chi connectivity index (χ4n) is 1.43. The SMILES string of the molecule is CCOC(=O)Cc1cc(C#N)c(Cl)c(CO)c1. The van der Waals surface area contributed by atoms with Crippen LogP contribution in [0.25, 0.3) is 0 Å². The van der Waals surface area contributed by atoms with Crippen molar-refractivity contribution in [1.29, 1.82) is 5.26 Å². The molecule has 0 amide bonds. The molecule has 0 unspecified atom stereocenters. The van der Waals surface area contributed by atoms with Gasteiger partial charge < -0.3 is 9.84 Å². The minimum atomic E-state index is -0.373. The number of hydrogen-bond donors (Lipinski definition) is 1. The third-order valence-electron chi connectivity index (χ3n) is 2.15. The minimum absolute atomic E-state index is 0.0622. The standard InChI is InChI=1S/C12H12ClNO3/c1-2-17-11(16)5-8-3-9(6-14)12(13)10(4-8)7-15/h3-4,15H,2,5,7H2,1H3. The Labute approximate surface area is 104 Å². The molecule has 0 atom stereocenters. The second kappa shape index (κ2) is 6.24. The van der Waals surface area contributed by atoms with Crippen LogP contribution in [0.4, 0.5) is 0 Å². The van der Waals surface area contributed by atoms with Crippen molar-refractivity contribution in [3.63, 3.8) is 0 Å². The van der Waals surface area contributed by atoms with Crippen molar-refractivity contribution in [3.05, 3.63) is 33.8 Å². The first kappa shape index (κ1) is 13.5. The van der Waals surface area contributed by atoms with Crippen LogP contribution < -0.4 is 0 Å². The van der Waals surface area contributed by atoms with Gasteiger partial charge in [-0.1, -0.05) is 17.7 Å². The monoisotopic (exact) mass is 253 g/mol. The number of carbonyl (C=O) groups excluding carboxylic acids is 1. The Kier molecular flexibility index (Phi) is 4.95. The number of ether oxygens (including phenoxy) is 1. The summed E-state index contributed by atoms with van der Waals surface area (Å²) in [6.07, 6.45) is 0.0622. The lowest BCUT2D eigenvalue weighted by atomic mass is 10.0. The largest absolute Gasteiger partial charge is 0.466 e. The first-order valence-corrected chi connectivity index (χ1v) is 5.48. The highest BCUT2D eigenvalue weighted by Crippen LogP contribution is 2.23. The van der Waals surface area contributed by atoms with Crippen LogP contribution in [0.15, 0.2) is 12.1 Å². The summed E-state index contributed by atoms with van der Waals surface area (Å²) in [5, 5.41) is 18.2. The van der Waals surface area contributed by atoms with Crippen molar-refractivity contribution in [2.75, 3.05) is 6.61 Å². The van der Waals surface area contributed by atoms with Gasteiger partial charge in [0.2, 0.25) is 0 Å². The summed E-state index contributed by atoms with van der Waals surface area (Å²) in [5.74, 6) is -0.373. The second-order valence-corrected chi connectivity index (χ2v) is 3.75. The number of nitriles is 1. The number of nitrogens with zero attached hydrogens (tertiary/aromatic N) is 1. The molecule has 0 bridgehead atoms. The molecule has 0 spiro atoms. The normalized spacial score (nSPS) is 9.76. The smallest absolute Gasteiger partial charge is 0.310 e. The number of halogens is 1. The zero-order valence-corrected chi connectivity index (χ0v) is 10.1. The van der Waals surface area contributed by atoms with E-state index in [4.69, 9.17) is 26.7 Å². The molecule has 0 radical (unpaired) electrons. The van der Waals surface area contributed by atoms with Gasteiger partial charge in [0.25, 0.3) is 0 Å². The molecule has 90 valence electrons. The second-order valence-electron chi connectivity index (χ2n) is 3.37. The average molecular weight is 254 g/mol. The van der Waals surface area contributed by atoms with Crippen molar-refractivity contribution in [1.82, 2.24) is 0 Å². The number of benzene rings is 1. The molecule has 1 N–H and O–H groups in total. The predicted molar refractivity (Wildman–Crippen MR) is 62.4 cm³/mol.